The Morgan fingerprint density at radius 2 is 1.83 bits per heavy atom. The van der Waals surface area contributed by atoms with Gasteiger partial charge in [0.15, 0.2) is 5.82 Å². The zero-order chi connectivity index (χ0) is 21.3. The third-order valence-corrected chi connectivity index (χ3v) is 5.48. The molecule has 2 fully saturated rings. The number of carbonyl (C=O) groups is 2. The third kappa shape index (κ3) is 4.56. The van der Waals surface area contributed by atoms with Crippen molar-refractivity contribution in [3.05, 3.63) is 34.5 Å². The number of carbonyl (C=O) groups excluding carboxylic acids is 2. The van der Waals surface area contributed by atoms with E-state index in [0.29, 0.717) is 24.9 Å². The number of likely N-dealkylation sites (N-methyl/N-ethyl adjacent to an activating group) is 1. The summed E-state index contributed by atoms with van der Waals surface area (Å²) in [5, 5.41) is -0.382. The largest absolute Gasteiger partial charge is 0.348 e. The van der Waals surface area contributed by atoms with Crippen LogP contribution in [0.25, 0.3) is 10.9 Å². The second kappa shape index (κ2) is 8.31. The van der Waals surface area contributed by atoms with Crippen LogP contribution in [0.5, 0.6) is 0 Å². The van der Waals surface area contributed by atoms with Crippen molar-refractivity contribution in [2.45, 2.75) is 18.8 Å². The van der Waals surface area contributed by atoms with Gasteiger partial charge >= 0.3 is 0 Å². The van der Waals surface area contributed by atoms with E-state index >= 15 is 0 Å². The van der Waals surface area contributed by atoms with Crippen molar-refractivity contribution in [3.8, 4) is 0 Å². The van der Waals surface area contributed by atoms with Crippen LogP contribution in [-0.2, 0) is 4.79 Å². The van der Waals surface area contributed by atoms with Gasteiger partial charge in [0, 0.05) is 44.9 Å². The molecule has 4 rings (SSSR count). The number of aromatic amines is 1. The molecule has 0 unspecified atom stereocenters. The van der Waals surface area contributed by atoms with Gasteiger partial charge in [-0.1, -0.05) is 11.6 Å². The Hall–Kier alpha value is -2.13. The highest BCUT2D eigenvalue weighted by molar-refractivity contribution is 6.35. The quantitative estimate of drug-likeness (QED) is 0.580. The Kier molecular flexibility index (Phi) is 6.19. The predicted molar refractivity (Wildman–Crippen MR) is 100 cm³/mol. The topological polar surface area (TPSA) is 56.4 Å². The van der Waals surface area contributed by atoms with Crippen molar-refractivity contribution in [1.82, 2.24) is 14.8 Å². The lowest BCUT2D eigenvalue weighted by Crippen LogP contribution is -2.47. The van der Waals surface area contributed by atoms with E-state index in [1.54, 1.807) is 4.90 Å². The number of piperazine rings is 1. The summed E-state index contributed by atoms with van der Waals surface area (Å²) in [5.74, 6) is -4.83. The van der Waals surface area contributed by atoms with Crippen LogP contribution in [0.3, 0.4) is 0 Å². The SMILES string of the molecule is CN1CCN(C(=O)c2[nH]c3ccc(F)c(Cl)c3c2F)CC1.O=CC1CC(F)(F)C1. The van der Waals surface area contributed by atoms with Crippen LogP contribution in [-0.4, -0.2) is 66.1 Å². The van der Waals surface area contributed by atoms with Gasteiger partial charge in [-0.15, -0.1) is 0 Å². The maximum absolute atomic E-state index is 14.4. The van der Waals surface area contributed by atoms with Crippen LogP contribution in [0.1, 0.15) is 23.3 Å². The lowest BCUT2D eigenvalue weighted by atomic mass is 9.83. The van der Waals surface area contributed by atoms with E-state index in [1.165, 1.54) is 6.07 Å². The van der Waals surface area contributed by atoms with E-state index in [1.807, 2.05) is 7.05 Å². The number of benzene rings is 1. The van der Waals surface area contributed by atoms with Crippen molar-refractivity contribution in [3.63, 3.8) is 0 Å². The van der Waals surface area contributed by atoms with Crippen molar-refractivity contribution >= 4 is 34.7 Å². The molecule has 1 saturated heterocycles. The van der Waals surface area contributed by atoms with E-state index < -0.39 is 23.5 Å². The number of halogens is 5. The molecule has 1 aromatic carbocycles. The van der Waals surface area contributed by atoms with Crippen LogP contribution in [0.4, 0.5) is 17.6 Å². The molecule has 1 aliphatic heterocycles. The molecule has 2 aromatic rings. The molecule has 1 saturated carbocycles. The van der Waals surface area contributed by atoms with Gasteiger partial charge in [-0.25, -0.2) is 17.6 Å². The standard InChI is InChI=1S/C14H14ClF2N3O.C5H6F2O/c1-19-4-6-20(7-5-19)14(21)13-12(17)10-9(18-13)3-2-8(16)11(10)15;6-5(7)1-4(2-5)3-8/h2-3,18H,4-7H2,1H3;3-4H,1-2H2. The summed E-state index contributed by atoms with van der Waals surface area (Å²) < 4.78 is 51.5. The molecule has 29 heavy (non-hydrogen) atoms. The number of aromatic nitrogens is 1. The number of amides is 1. The number of nitrogens with one attached hydrogen (secondary N) is 1. The Balaban J connectivity index is 0.000000252. The fraction of sp³-hybridized carbons (Fsp3) is 0.474. The Labute approximate surface area is 169 Å². The van der Waals surface area contributed by atoms with E-state index in [9.17, 15) is 27.2 Å². The number of hydrogen-bond donors (Lipinski definition) is 1. The lowest BCUT2D eigenvalue weighted by molar-refractivity contribution is -0.137. The fourth-order valence-electron chi connectivity index (χ4n) is 3.30. The van der Waals surface area contributed by atoms with Gasteiger partial charge in [0.05, 0.1) is 15.9 Å². The van der Waals surface area contributed by atoms with Gasteiger partial charge in [-0.3, -0.25) is 4.79 Å². The number of nitrogens with zero attached hydrogens (tertiary/aromatic N) is 2. The monoisotopic (exact) mass is 433 g/mol. The summed E-state index contributed by atoms with van der Waals surface area (Å²) >= 11 is 5.79. The first kappa shape index (κ1) is 21.6. The zero-order valence-corrected chi connectivity index (χ0v) is 16.4. The van der Waals surface area contributed by atoms with Crippen molar-refractivity contribution in [2.24, 2.45) is 5.92 Å². The highest BCUT2D eigenvalue weighted by Gasteiger charge is 2.44. The molecular weight excluding hydrogens is 414 g/mol. The molecule has 1 aromatic heterocycles. The maximum Gasteiger partial charge on any atom is 0.273 e. The van der Waals surface area contributed by atoms with Gasteiger partial charge in [0.25, 0.3) is 5.91 Å². The molecule has 0 radical (unpaired) electrons. The van der Waals surface area contributed by atoms with E-state index in [-0.39, 0.29) is 34.9 Å². The molecule has 2 heterocycles. The molecule has 5 nitrogen and oxygen atoms in total. The second-order valence-corrected chi connectivity index (χ2v) is 7.73. The zero-order valence-electron chi connectivity index (χ0n) is 15.7. The van der Waals surface area contributed by atoms with Crippen molar-refractivity contribution < 1.29 is 27.2 Å². The summed E-state index contributed by atoms with van der Waals surface area (Å²) in [6, 6.07) is 2.52. The maximum atomic E-state index is 14.4. The van der Waals surface area contributed by atoms with Gasteiger partial charge in [0.1, 0.15) is 17.8 Å². The highest BCUT2D eigenvalue weighted by atomic mass is 35.5. The fourth-order valence-corrected chi connectivity index (χ4v) is 3.55. The predicted octanol–water partition coefficient (Wildman–Crippen LogP) is 3.72. The minimum absolute atomic E-state index is 0.0749. The van der Waals surface area contributed by atoms with Crippen LogP contribution in [0.2, 0.25) is 5.02 Å². The Morgan fingerprint density at radius 1 is 1.21 bits per heavy atom. The summed E-state index contributed by atoms with van der Waals surface area (Å²) in [7, 11) is 1.97. The molecule has 1 amide bonds. The molecule has 1 N–H and O–H groups in total. The Morgan fingerprint density at radius 3 is 2.34 bits per heavy atom. The molecule has 10 heteroatoms. The number of aldehydes is 1. The first-order valence-corrected chi connectivity index (χ1v) is 9.47. The van der Waals surface area contributed by atoms with Crippen LogP contribution < -0.4 is 0 Å². The van der Waals surface area contributed by atoms with Crippen molar-refractivity contribution in [2.75, 3.05) is 33.2 Å². The van der Waals surface area contributed by atoms with Crippen LogP contribution in [0.15, 0.2) is 12.1 Å². The van der Waals surface area contributed by atoms with E-state index in [2.05, 4.69) is 9.88 Å². The lowest BCUT2D eigenvalue weighted by Gasteiger charge is -2.32. The molecular formula is C19H20ClF4N3O2. The second-order valence-electron chi connectivity index (χ2n) is 7.35. The van der Waals surface area contributed by atoms with Gasteiger partial charge in [0.2, 0.25) is 5.92 Å². The number of H-pyrrole nitrogens is 1. The van der Waals surface area contributed by atoms with E-state index in [4.69, 9.17) is 11.6 Å². The first-order chi connectivity index (χ1) is 13.6. The summed E-state index contributed by atoms with van der Waals surface area (Å²) in [4.78, 5) is 28.5. The molecule has 2 aliphatic rings. The van der Waals surface area contributed by atoms with Crippen LogP contribution >= 0.6 is 11.6 Å². The van der Waals surface area contributed by atoms with Crippen LogP contribution in [0, 0.1) is 17.6 Å². The molecule has 0 spiro atoms. The van der Waals surface area contributed by atoms with Gasteiger partial charge in [-0.05, 0) is 19.2 Å². The highest BCUT2D eigenvalue weighted by Crippen LogP contribution is 2.40. The third-order valence-electron chi connectivity index (χ3n) is 5.11. The molecule has 158 valence electrons. The molecule has 1 aliphatic carbocycles. The van der Waals surface area contributed by atoms with Gasteiger partial charge < -0.3 is 19.6 Å². The number of alkyl halides is 2. The minimum Gasteiger partial charge on any atom is -0.348 e. The number of hydrogen-bond acceptors (Lipinski definition) is 3. The van der Waals surface area contributed by atoms with Crippen molar-refractivity contribution in [1.29, 1.82) is 0 Å². The average Bonchev–Trinajstić information content (AvgIpc) is 3.00. The minimum atomic E-state index is -2.54. The van der Waals surface area contributed by atoms with Gasteiger partial charge in [-0.2, -0.15) is 0 Å². The summed E-state index contributed by atoms with van der Waals surface area (Å²) in [6.07, 6.45) is 0.115. The smallest absolute Gasteiger partial charge is 0.273 e. The number of rotatable bonds is 2. The molecule has 0 bridgehead atoms. The van der Waals surface area contributed by atoms with E-state index in [0.717, 1.165) is 19.2 Å². The Bertz CT molecular complexity index is 918. The first-order valence-electron chi connectivity index (χ1n) is 9.09. The summed E-state index contributed by atoms with van der Waals surface area (Å²) in [6.45, 7) is 2.55. The molecule has 0 atom stereocenters. The average molecular weight is 434 g/mol. The number of fused-ring (bicyclic) bond motifs is 1. The normalized spacial score (nSPS) is 19.4. The summed E-state index contributed by atoms with van der Waals surface area (Å²) in [5.41, 5.74) is 0.151.